The highest BCUT2D eigenvalue weighted by atomic mass is 16.5. The van der Waals surface area contributed by atoms with Crippen molar-refractivity contribution >= 4 is 0 Å². The molecule has 1 fully saturated rings. The maximum atomic E-state index is 5.87. The quantitative estimate of drug-likeness (QED) is 0.642. The first-order chi connectivity index (χ1) is 9.80. The van der Waals surface area contributed by atoms with Crippen LogP contribution in [0.1, 0.15) is 30.0 Å². The second kappa shape index (κ2) is 5.69. The summed E-state index contributed by atoms with van der Waals surface area (Å²) in [5, 5.41) is 0. The van der Waals surface area contributed by atoms with Gasteiger partial charge in [0.05, 0.1) is 18.2 Å². The zero-order chi connectivity index (χ0) is 14.0. The predicted molar refractivity (Wildman–Crippen MR) is 75.5 cm³/mol. The van der Waals surface area contributed by atoms with Crippen LogP contribution in [0.15, 0.2) is 18.2 Å². The molecule has 0 saturated carbocycles. The van der Waals surface area contributed by atoms with Crippen molar-refractivity contribution in [1.29, 1.82) is 0 Å². The number of ether oxygens (including phenoxy) is 3. The van der Waals surface area contributed by atoms with Crippen molar-refractivity contribution in [3.8, 4) is 5.75 Å². The monoisotopic (exact) mass is 278 g/mol. The van der Waals surface area contributed by atoms with Crippen LogP contribution in [0.5, 0.6) is 5.75 Å². The summed E-state index contributed by atoms with van der Waals surface area (Å²) in [5.41, 5.74) is 4.95. The first kappa shape index (κ1) is 13.8. The molecule has 5 heteroatoms. The van der Waals surface area contributed by atoms with Crippen LogP contribution in [0.3, 0.4) is 0 Å². The third-order valence-electron chi connectivity index (χ3n) is 4.49. The smallest absolute Gasteiger partial charge is 0.127 e. The number of hydrazine groups is 1. The third kappa shape index (κ3) is 2.20. The standard InChI is InChI=1S/C15H22N2O3/c1-18-15(6-9-19-10-7-15)14(17-16)12-4-2-3-11-5-8-20-13(11)12/h2-4,14,17H,5-10,16H2,1H3. The number of hydrogen-bond donors (Lipinski definition) is 2. The summed E-state index contributed by atoms with van der Waals surface area (Å²) in [4.78, 5) is 0. The summed E-state index contributed by atoms with van der Waals surface area (Å²) in [7, 11) is 1.75. The van der Waals surface area contributed by atoms with Crippen LogP contribution in [-0.2, 0) is 15.9 Å². The lowest BCUT2D eigenvalue weighted by Gasteiger charge is -2.42. The summed E-state index contributed by atoms with van der Waals surface area (Å²) in [6.45, 7) is 2.14. The Morgan fingerprint density at radius 1 is 1.30 bits per heavy atom. The van der Waals surface area contributed by atoms with Crippen LogP contribution in [0.25, 0.3) is 0 Å². The van der Waals surface area contributed by atoms with Crippen molar-refractivity contribution < 1.29 is 14.2 Å². The lowest BCUT2D eigenvalue weighted by Crippen LogP contribution is -2.51. The van der Waals surface area contributed by atoms with Gasteiger partial charge in [-0.3, -0.25) is 5.84 Å². The number of nitrogens with one attached hydrogen (secondary N) is 1. The molecule has 1 aromatic rings. The van der Waals surface area contributed by atoms with Gasteiger partial charge in [-0.05, 0) is 5.56 Å². The van der Waals surface area contributed by atoms with E-state index in [1.165, 1.54) is 5.56 Å². The fraction of sp³-hybridized carbons (Fsp3) is 0.600. The number of hydrogen-bond acceptors (Lipinski definition) is 5. The normalized spacial score (nSPS) is 22.1. The molecule has 2 aliphatic rings. The van der Waals surface area contributed by atoms with E-state index >= 15 is 0 Å². The molecule has 3 N–H and O–H groups in total. The fourth-order valence-corrected chi connectivity index (χ4v) is 3.32. The van der Waals surface area contributed by atoms with Gasteiger partial charge >= 0.3 is 0 Å². The molecule has 2 aliphatic heterocycles. The molecule has 0 aromatic heterocycles. The van der Waals surface area contributed by atoms with E-state index in [1.54, 1.807) is 7.11 Å². The Bertz CT molecular complexity index is 472. The molecule has 1 aromatic carbocycles. The largest absolute Gasteiger partial charge is 0.493 e. The Morgan fingerprint density at radius 2 is 2.10 bits per heavy atom. The minimum Gasteiger partial charge on any atom is -0.493 e. The first-order valence-electron chi connectivity index (χ1n) is 7.14. The van der Waals surface area contributed by atoms with Gasteiger partial charge in [0, 0.05) is 45.1 Å². The molecule has 0 radical (unpaired) electrons. The van der Waals surface area contributed by atoms with Gasteiger partial charge in [0.2, 0.25) is 0 Å². The maximum absolute atomic E-state index is 5.87. The van der Waals surface area contributed by atoms with E-state index in [9.17, 15) is 0 Å². The van der Waals surface area contributed by atoms with Crippen LogP contribution >= 0.6 is 0 Å². The Labute approximate surface area is 119 Å². The SMILES string of the molecule is COC1(C(NN)c2cccc3c2OCC3)CCOCC1. The van der Waals surface area contributed by atoms with Crippen LogP contribution < -0.4 is 16.0 Å². The molecule has 0 amide bonds. The molecule has 1 saturated heterocycles. The predicted octanol–water partition coefficient (Wildman–Crippen LogP) is 1.32. The van der Waals surface area contributed by atoms with E-state index in [2.05, 4.69) is 23.6 Å². The third-order valence-corrected chi connectivity index (χ3v) is 4.49. The molecule has 1 unspecified atom stereocenters. The van der Waals surface area contributed by atoms with Crippen molar-refractivity contribution in [2.75, 3.05) is 26.9 Å². The van der Waals surface area contributed by atoms with Gasteiger partial charge in [-0.15, -0.1) is 0 Å². The lowest BCUT2D eigenvalue weighted by molar-refractivity contribution is -0.112. The highest BCUT2D eigenvalue weighted by Gasteiger charge is 2.42. The second-order valence-electron chi connectivity index (χ2n) is 5.41. The second-order valence-corrected chi connectivity index (χ2v) is 5.41. The van der Waals surface area contributed by atoms with Crippen molar-refractivity contribution in [1.82, 2.24) is 5.43 Å². The number of methoxy groups -OCH3 is 1. The molecule has 0 aliphatic carbocycles. The van der Waals surface area contributed by atoms with E-state index in [-0.39, 0.29) is 11.6 Å². The van der Waals surface area contributed by atoms with Gasteiger partial charge < -0.3 is 14.2 Å². The topological polar surface area (TPSA) is 65.7 Å². The summed E-state index contributed by atoms with van der Waals surface area (Å²) in [5.74, 6) is 6.83. The molecule has 3 rings (SSSR count). The average molecular weight is 278 g/mol. The van der Waals surface area contributed by atoms with Crippen LogP contribution in [0.4, 0.5) is 0 Å². The van der Waals surface area contributed by atoms with Crippen molar-refractivity contribution in [3.63, 3.8) is 0 Å². The van der Waals surface area contributed by atoms with Crippen molar-refractivity contribution in [2.45, 2.75) is 30.9 Å². The van der Waals surface area contributed by atoms with Gasteiger partial charge in [0.1, 0.15) is 5.75 Å². The summed E-state index contributed by atoms with van der Waals surface area (Å²) < 4.78 is 17.1. The number of fused-ring (bicyclic) bond motifs is 1. The van der Waals surface area contributed by atoms with Gasteiger partial charge in [-0.1, -0.05) is 18.2 Å². The first-order valence-corrected chi connectivity index (χ1v) is 7.14. The van der Waals surface area contributed by atoms with E-state index in [1.807, 2.05) is 0 Å². The maximum Gasteiger partial charge on any atom is 0.127 e. The van der Waals surface area contributed by atoms with Gasteiger partial charge in [0.15, 0.2) is 0 Å². The zero-order valence-electron chi connectivity index (χ0n) is 11.9. The van der Waals surface area contributed by atoms with E-state index < -0.39 is 0 Å². The lowest BCUT2D eigenvalue weighted by atomic mass is 9.81. The van der Waals surface area contributed by atoms with E-state index in [0.29, 0.717) is 13.2 Å². The molecular formula is C15H22N2O3. The molecule has 20 heavy (non-hydrogen) atoms. The summed E-state index contributed by atoms with van der Waals surface area (Å²) >= 11 is 0. The van der Waals surface area contributed by atoms with E-state index in [4.69, 9.17) is 20.1 Å². The van der Waals surface area contributed by atoms with Crippen molar-refractivity contribution in [3.05, 3.63) is 29.3 Å². The zero-order valence-corrected chi connectivity index (χ0v) is 11.9. The summed E-state index contributed by atoms with van der Waals surface area (Å²) in [6, 6.07) is 6.16. The molecule has 5 nitrogen and oxygen atoms in total. The molecule has 110 valence electrons. The van der Waals surface area contributed by atoms with Gasteiger partial charge in [-0.25, -0.2) is 5.43 Å². The minimum atomic E-state index is -0.339. The molecule has 2 heterocycles. The molecule has 1 atom stereocenters. The minimum absolute atomic E-state index is 0.0931. The Morgan fingerprint density at radius 3 is 2.80 bits per heavy atom. The molecule has 0 spiro atoms. The average Bonchev–Trinajstić information content (AvgIpc) is 2.98. The Kier molecular flexibility index (Phi) is 3.94. The van der Waals surface area contributed by atoms with Gasteiger partial charge in [0.25, 0.3) is 0 Å². The van der Waals surface area contributed by atoms with Crippen molar-refractivity contribution in [2.24, 2.45) is 5.84 Å². The number of benzene rings is 1. The molecule has 0 bridgehead atoms. The number of nitrogens with two attached hydrogens (primary N) is 1. The number of para-hydroxylation sites is 1. The fourth-order valence-electron chi connectivity index (χ4n) is 3.32. The molecular weight excluding hydrogens is 256 g/mol. The highest BCUT2D eigenvalue weighted by molar-refractivity contribution is 5.46. The summed E-state index contributed by atoms with van der Waals surface area (Å²) in [6.07, 6.45) is 2.60. The van der Waals surface area contributed by atoms with E-state index in [0.717, 1.165) is 37.2 Å². The van der Waals surface area contributed by atoms with Crippen LogP contribution in [0, 0.1) is 0 Å². The highest BCUT2D eigenvalue weighted by Crippen LogP contribution is 2.42. The number of rotatable bonds is 4. The van der Waals surface area contributed by atoms with Gasteiger partial charge in [-0.2, -0.15) is 0 Å². The Hall–Kier alpha value is -1.14. The Balaban J connectivity index is 1.99. The van der Waals surface area contributed by atoms with Crippen LogP contribution in [-0.4, -0.2) is 32.5 Å². The van der Waals surface area contributed by atoms with Crippen LogP contribution in [0.2, 0.25) is 0 Å².